The first-order valence-electron chi connectivity index (χ1n) is 4.67. The number of carbonyl (C=O) groups is 1. The third-order valence-corrected chi connectivity index (χ3v) is 1.89. The molecule has 0 aliphatic heterocycles. The lowest BCUT2D eigenvalue weighted by Gasteiger charge is -2.15. The fourth-order valence-electron chi connectivity index (χ4n) is 1.06. The summed E-state index contributed by atoms with van der Waals surface area (Å²) in [5.41, 5.74) is 0. The van der Waals surface area contributed by atoms with Crippen LogP contribution >= 0.6 is 0 Å². The molecule has 0 spiro atoms. The molecule has 5 nitrogen and oxygen atoms in total. The van der Waals surface area contributed by atoms with Gasteiger partial charge in [-0.2, -0.15) is 0 Å². The summed E-state index contributed by atoms with van der Waals surface area (Å²) in [5.74, 6) is 0.876. The Morgan fingerprint density at radius 2 is 2.50 bits per heavy atom. The van der Waals surface area contributed by atoms with Crippen LogP contribution in [0.2, 0.25) is 0 Å². The number of likely N-dealkylation sites (N-methyl/N-ethyl adjacent to an activating group) is 2. The minimum atomic E-state index is 0.0725. The summed E-state index contributed by atoms with van der Waals surface area (Å²) in [6.07, 6.45) is 3.43. The lowest BCUT2D eigenvalue weighted by Crippen LogP contribution is -2.35. The molecule has 0 aromatic carbocycles. The molecule has 78 valence electrons. The molecule has 5 heteroatoms. The fourth-order valence-corrected chi connectivity index (χ4v) is 1.06. The van der Waals surface area contributed by atoms with Crippen molar-refractivity contribution in [2.45, 2.75) is 13.5 Å². The van der Waals surface area contributed by atoms with Gasteiger partial charge in [-0.15, -0.1) is 0 Å². The highest BCUT2D eigenvalue weighted by atomic mass is 16.2. The van der Waals surface area contributed by atoms with Gasteiger partial charge in [0.1, 0.15) is 5.82 Å². The minimum absolute atomic E-state index is 0.0725. The third-order valence-electron chi connectivity index (χ3n) is 1.89. The summed E-state index contributed by atoms with van der Waals surface area (Å²) in [6.45, 7) is 3.69. The smallest absolute Gasteiger partial charge is 0.236 e. The van der Waals surface area contributed by atoms with Crippen LogP contribution in [0.5, 0.6) is 0 Å². The van der Waals surface area contributed by atoms with Crippen molar-refractivity contribution in [3.8, 4) is 0 Å². The van der Waals surface area contributed by atoms with Crippen molar-refractivity contribution in [1.29, 1.82) is 0 Å². The van der Waals surface area contributed by atoms with E-state index in [1.165, 1.54) is 0 Å². The van der Waals surface area contributed by atoms with Crippen molar-refractivity contribution in [1.82, 2.24) is 20.2 Å². The van der Waals surface area contributed by atoms with Crippen LogP contribution in [0.4, 0.5) is 0 Å². The molecule has 0 atom stereocenters. The zero-order valence-corrected chi connectivity index (χ0v) is 8.58. The maximum atomic E-state index is 11.4. The summed E-state index contributed by atoms with van der Waals surface area (Å²) in [5, 5.41) is 2.99. The third kappa shape index (κ3) is 3.18. The SMILES string of the molecule is CCNCC(=O)N(C)Cc1ncc[nH]1. The summed E-state index contributed by atoms with van der Waals surface area (Å²) in [6, 6.07) is 0. The van der Waals surface area contributed by atoms with Gasteiger partial charge < -0.3 is 15.2 Å². The molecule has 0 radical (unpaired) electrons. The molecule has 0 unspecified atom stereocenters. The molecular weight excluding hydrogens is 180 g/mol. The summed E-state index contributed by atoms with van der Waals surface area (Å²) in [4.78, 5) is 20.1. The molecule has 0 bridgehead atoms. The van der Waals surface area contributed by atoms with Crippen LogP contribution in [0, 0.1) is 0 Å². The van der Waals surface area contributed by atoms with Gasteiger partial charge in [-0.1, -0.05) is 6.92 Å². The molecule has 1 amide bonds. The Hall–Kier alpha value is -1.36. The molecule has 0 fully saturated rings. The van der Waals surface area contributed by atoms with E-state index in [0.29, 0.717) is 13.1 Å². The zero-order valence-electron chi connectivity index (χ0n) is 8.58. The normalized spacial score (nSPS) is 10.1. The molecule has 0 aliphatic rings. The Bertz CT molecular complexity index is 270. The molecule has 1 rings (SSSR count). The number of nitrogens with one attached hydrogen (secondary N) is 2. The van der Waals surface area contributed by atoms with E-state index in [1.807, 2.05) is 6.92 Å². The van der Waals surface area contributed by atoms with Crippen LogP contribution in [0.25, 0.3) is 0 Å². The predicted molar refractivity (Wildman–Crippen MR) is 53.6 cm³/mol. The first kappa shape index (κ1) is 10.7. The van der Waals surface area contributed by atoms with Crippen LogP contribution in [0.15, 0.2) is 12.4 Å². The number of rotatable bonds is 5. The van der Waals surface area contributed by atoms with Crippen LogP contribution in [-0.4, -0.2) is 40.9 Å². The molecule has 2 N–H and O–H groups in total. The Morgan fingerprint density at radius 1 is 1.71 bits per heavy atom. The van der Waals surface area contributed by atoms with E-state index in [-0.39, 0.29) is 5.91 Å². The first-order chi connectivity index (χ1) is 6.74. The first-order valence-corrected chi connectivity index (χ1v) is 4.67. The molecule has 0 aliphatic carbocycles. The van der Waals surface area contributed by atoms with Crippen LogP contribution in [0.3, 0.4) is 0 Å². The van der Waals surface area contributed by atoms with E-state index in [4.69, 9.17) is 0 Å². The second-order valence-corrected chi connectivity index (χ2v) is 3.07. The molecule has 1 heterocycles. The Kier molecular flexibility index (Phi) is 4.12. The van der Waals surface area contributed by atoms with Crippen LogP contribution in [0.1, 0.15) is 12.7 Å². The van der Waals surface area contributed by atoms with Crippen molar-refractivity contribution < 1.29 is 4.79 Å². The lowest BCUT2D eigenvalue weighted by atomic mass is 10.4. The van der Waals surface area contributed by atoms with Gasteiger partial charge in [0.05, 0.1) is 13.1 Å². The number of aromatic amines is 1. The number of H-pyrrole nitrogens is 1. The van der Waals surface area contributed by atoms with Gasteiger partial charge in [-0.25, -0.2) is 4.98 Å². The lowest BCUT2D eigenvalue weighted by molar-refractivity contribution is -0.129. The summed E-state index contributed by atoms with van der Waals surface area (Å²) in [7, 11) is 1.77. The van der Waals surface area contributed by atoms with Crippen molar-refractivity contribution in [3.63, 3.8) is 0 Å². The van der Waals surface area contributed by atoms with E-state index < -0.39 is 0 Å². The van der Waals surface area contributed by atoms with Gasteiger partial charge in [0, 0.05) is 19.4 Å². The number of nitrogens with zero attached hydrogens (tertiary/aromatic N) is 2. The van der Waals surface area contributed by atoms with E-state index >= 15 is 0 Å². The summed E-state index contributed by atoms with van der Waals surface area (Å²) >= 11 is 0. The zero-order chi connectivity index (χ0) is 10.4. The van der Waals surface area contributed by atoms with Crippen molar-refractivity contribution >= 4 is 5.91 Å². The van der Waals surface area contributed by atoms with Gasteiger partial charge in [-0.3, -0.25) is 4.79 Å². The fraction of sp³-hybridized carbons (Fsp3) is 0.556. The van der Waals surface area contributed by atoms with Gasteiger partial charge >= 0.3 is 0 Å². The van der Waals surface area contributed by atoms with Crippen molar-refractivity contribution in [2.24, 2.45) is 0 Å². The number of hydrogen-bond acceptors (Lipinski definition) is 3. The molecule has 1 aromatic heterocycles. The number of aromatic nitrogens is 2. The highest BCUT2D eigenvalue weighted by Crippen LogP contribution is 1.95. The number of hydrogen-bond donors (Lipinski definition) is 2. The second-order valence-electron chi connectivity index (χ2n) is 3.07. The Morgan fingerprint density at radius 3 is 3.07 bits per heavy atom. The van der Waals surface area contributed by atoms with Gasteiger partial charge in [0.25, 0.3) is 0 Å². The quantitative estimate of drug-likeness (QED) is 0.695. The maximum Gasteiger partial charge on any atom is 0.236 e. The number of carbonyl (C=O) groups excluding carboxylic acids is 1. The molecule has 0 saturated carbocycles. The molecular formula is C9H16N4O. The van der Waals surface area contributed by atoms with Crippen molar-refractivity contribution in [3.05, 3.63) is 18.2 Å². The number of amides is 1. The van der Waals surface area contributed by atoms with E-state index in [9.17, 15) is 4.79 Å². The standard InChI is InChI=1S/C9H16N4O/c1-3-10-6-9(14)13(2)7-8-11-4-5-12-8/h4-5,10H,3,6-7H2,1-2H3,(H,11,12). The van der Waals surface area contributed by atoms with Crippen LogP contribution < -0.4 is 5.32 Å². The monoisotopic (exact) mass is 196 g/mol. The molecule has 14 heavy (non-hydrogen) atoms. The summed E-state index contributed by atoms with van der Waals surface area (Å²) < 4.78 is 0. The van der Waals surface area contributed by atoms with Crippen molar-refractivity contribution in [2.75, 3.05) is 20.1 Å². The van der Waals surface area contributed by atoms with E-state index in [1.54, 1.807) is 24.3 Å². The average molecular weight is 196 g/mol. The molecule has 0 saturated heterocycles. The predicted octanol–water partition coefficient (Wildman–Crippen LogP) is -0.0224. The van der Waals surface area contributed by atoms with Crippen LogP contribution in [-0.2, 0) is 11.3 Å². The maximum absolute atomic E-state index is 11.4. The largest absolute Gasteiger partial charge is 0.347 e. The Balaban J connectivity index is 2.34. The second kappa shape index (κ2) is 5.39. The molecule has 1 aromatic rings. The van der Waals surface area contributed by atoms with E-state index in [0.717, 1.165) is 12.4 Å². The van der Waals surface area contributed by atoms with Gasteiger partial charge in [0.15, 0.2) is 0 Å². The highest BCUT2D eigenvalue weighted by Gasteiger charge is 2.08. The highest BCUT2D eigenvalue weighted by molar-refractivity contribution is 5.77. The topological polar surface area (TPSA) is 61.0 Å². The minimum Gasteiger partial charge on any atom is -0.347 e. The van der Waals surface area contributed by atoms with Gasteiger partial charge in [0.2, 0.25) is 5.91 Å². The Labute approximate surface area is 83.5 Å². The van der Waals surface area contributed by atoms with E-state index in [2.05, 4.69) is 15.3 Å². The average Bonchev–Trinajstić information content (AvgIpc) is 2.66. The number of imidazole rings is 1. The van der Waals surface area contributed by atoms with Gasteiger partial charge in [-0.05, 0) is 6.54 Å².